The third-order valence-corrected chi connectivity index (χ3v) is 5.16. The molecule has 7 nitrogen and oxygen atoms in total. The highest BCUT2D eigenvalue weighted by Gasteiger charge is 2.31. The first-order valence-corrected chi connectivity index (χ1v) is 9.07. The van der Waals surface area contributed by atoms with Crippen molar-refractivity contribution in [1.29, 1.82) is 0 Å². The van der Waals surface area contributed by atoms with Gasteiger partial charge < -0.3 is 19.8 Å². The minimum atomic E-state index is -0.434. The summed E-state index contributed by atoms with van der Waals surface area (Å²) < 4.78 is 14.4. The average molecular weight is 371 g/mol. The summed E-state index contributed by atoms with van der Waals surface area (Å²) >= 11 is 0. The van der Waals surface area contributed by atoms with E-state index in [9.17, 15) is 14.3 Å². The minimum Gasteiger partial charge on any atom is -0.393 e. The molecule has 0 bridgehead atoms. The van der Waals surface area contributed by atoms with Crippen LogP contribution in [0.3, 0.4) is 0 Å². The monoisotopic (exact) mass is 371 g/mol. The van der Waals surface area contributed by atoms with Gasteiger partial charge in [0.15, 0.2) is 0 Å². The molecule has 142 valence electrons. The molecule has 0 unspecified atom stereocenters. The van der Waals surface area contributed by atoms with Crippen LogP contribution >= 0.6 is 0 Å². The van der Waals surface area contributed by atoms with Crippen LogP contribution in [0.4, 0.5) is 21.7 Å². The van der Waals surface area contributed by atoms with E-state index in [1.807, 2.05) is 0 Å². The Balaban J connectivity index is 1.76. The third-order valence-electron chi connectivity index (χ3n) is 5.16. The summed E-state index contributed by atoms with van der Waals surface area (Å²) in [5, 5.41) is 9.79. The van der Waals surface area contributed by atoms with Gasteiger partial charge in [0, 0.05) is 20.1 Å². The predicted octanol–water partition coefficient (Wildman–Crippen LogP) is 1.56. The number of amides is 1. The predicted molar refractivity (Wildman–Crippen MR) is 100 cm³/mol. The number of fused-ring (bicyclic) bond motifs is 1. The van der Waals surface area contributed by atoms with E-state index in [4.69, 9.17) is 0 Å². The largest absolute Gasteiger partial charge is 0.393 e. The van der Waals surface area contributed by atoms with Crippen molar-refractivity contribution in [3.63, 3.8) is 0 Å². The number of rotatable bonds is 2. The Bertz CT molecular complexity index is 854. The van der Waals surface area contributed by atoms with Crippen LogP contribution in [0.2, 0.25) is 0 Å². The van der Waals surface area contributed by atoms with Gasteiger partial charge in [-0.3, -0.25) is 4.79 Å². The second-order valence-electron chi connectivity index (χ2n) is 7.01. The maximum Gasteiger partial charge on any atom is 0.246 e. The summed E-state index contributed by atoms with van der Waals surface area (Å²) in [6, 6.07) is 6.29. The molecule has 8 heteroatoms. The smallest absolute Gasteiger partial charge is 0.246 e. The molecule has 2 aliphatic heterocycles. The molecule has 0 radical (unpaired) electrons. The number of hydrogen-bond donors (Lipinski definition) is 1. The van der Waals surface area contributed by atoms with Crippen molar-refractivity contribution in [2.45, 2.75) is 25.5 Å². The second-order valence-corrected chi connectivity index (χ2v) is 7.01. The number of aliphatic hydroxyl groups excluding tert-OH is 1. The van der Waals surface area contributed by atoms with Crippen LogP contribution in [0.25, 0.3) is 0 Å². The molecular weight excluding hydrogens is 349 g/mol. The molecule has 4 rings (SSSR count). The average Bonchev–Trinajstić information content (AvgIpc) is 2.79. The highest BCUT2D eigenvalue weighted by molar-refractivity contribution is 5.98. The fourth-order valence-corrected chi connectivity index (χ4v) is 3.71. The summed E-state index contributed by atoms with van der Waals surface area (Å²) in [5.41, 5.74) is 1.05. The Morgan fingerprint density at radius 3 is 2.56 bits per heavy atom. The molecule has 2 aliphatic rings. The lowest BCUT2D eigenvalue weighted by atomic mass is 10.1. The summed E-state index contributed by atoms with van der Waals surface area (Å²) in [4.78, 5) is 27.0. The minimum absolute atomic E-state index is 0.108. The highest BCUT2D eigenvalue weighted by atomic mass is 19.1. The van der Waals surface area contributed by atoms with Crippen LogP contribution in [0.15, 0.2) is 30.6 Å². The van der Waals surface area contributed by atoms with Crippen molar-refractivity contribution in [2.24, 2.45) is 0 Å². The maximum absolute atomic E-state index is 14.4. The summed E-state index contributed by atoms with van der Waals surface area (Å²) in [5.74, 6) is 0.796. The lowest BCUT2D eigenvalue weighted by Crippen LogP contribution is -2.38. The van der Waals surface area contributed by atoms with Gasteiger partial charge in [-0.1, -0.05) is 12.1 Å². The number of carbonyl (C=O) groups is 1. The standard InChI is InChI=1S/C19H22FN5O2/c1-23-11-17(27)25(16-5-3-2-4-15(16)20)10-14-18(23)21-12-22-19(14)24-8-6-13(26)7-9-24/h2-5,12-13,26H,6-11H2,1H3. The van der Waals surface area contributed by atoms with Crippen molar-refractivity contribution in [3.8, 4) is 0 Å². The zero-order valence-corrected chi connectivity index (χ0v) is 15.2. The first kappa shape index (κ1) is 17.7. The van der Waals surface area contributed by atoms with Gasteiger partial charge in [0.1, 0.15) is 23.8 Å². The van der Waals surface area contributed by atoms with Crippen LogP contribution in [0, 0.1) is 5.82 Å². The number of para-hydroxylation sites is 1. The molecule has 1 N–H and O–H groups in total. The molecule has 3 heterocycles. The van der Waals surface area contributed by atoms with E-state index < -0.39 is 5.82 Å². The molecule has 0 atom stereocenters. The Morgan fingerprint density at radius 1 is 1.11 bits per heavy atom. The Morgan fingerprint density at radius 2 is 1.81 bits per heavy atom. The molecule has 0 saturated carbocycles. The molecule has 1 aromatic carbocycles. The van der Waals surface area contributed by atoms with Crippen LogP contribution in [-0.2, 0) is 11.3 Å². The van der Waals surface area contributed by atoms with Crippen LogP contribution in [-0.4, -0.2) is 53.8 Å². The van der Waals surface area contributed by atoms with Crippen molar-refractivity contribution in [1.82, 2.24) is 9.97 Å². The van der Waals surface area contributed by atoms with Gasteiger partial charge in [0.2, 0.25) is 5.91 Å². The molecule has 1 fully saturated rings. The normalized spacial score (nSPS) is 18.5. The number of halogens is 1. The van der Waals surface area contributed by atoms with E-state index >= 15 is 0 Å². The SMILES string of the molecule is CN1CC(=O)N(c2ccccc2F)Cc2c1ncnc2N1CCC(O)CC1. The first-order chi connectivity index (χ1) is 13.0. The van der Waals surface area contributed by atoms with Gasteiger partial charge in [-0.25, -0.2) is 14.4 Å². The molecule has 1 aromatic heterocycles. The number of carbonyl (C=O) groups excluding carboxylic acids is 1. The topological polar surface area (TPSA) is 72.8 Å². The number of nitrogens with zero attached hydrogens (tertiary/aromatic N) is 5. The molecule has 27 heavy (non-hydrogen) atoms. The van der Waals surface area contributed by atoms with E-state index in [1.165, 1.54) is 17.3 Å². The van der Waals surface area contributed by atoms with E-state index in [0.29, 0.717) is 31.7 Å². The maximum atomic E-state index is 14.4. The van der Waals surface area contributed by atoms with E-state index in [1.54, 1.807) is 30.1 Å². The van der Waals surface area contributed by atoms with Gasteiger partial charge in [-0.2, -0.15) is 0 Å². The number of aliphatic hydroxyl groups is 1. The molecule has 0 aliphatic carbocycles. The van der Waals surface area contributed by atoms with Crippen LogP contribution in [0.5, 0.6) is 0 Å². The van der Waals surface area contributed by atoms with E-state index in [0.717, 1.165) is 11.4 Å². The first-order valence-electron chi connectivity index (χ1n) is 9.07. The zero-order chi connectivity index (χ0) is 19.0. The van der Waals surface area contributed by atoms with E-state index in [2.05, 4.69) is 14.9 Å². The number of benzene rings is 1. The number of anilines is 3. The summed E-state index contributed by atoms with van der Waals surface area (Å²) in [6.07, 6.45) is 2.55. The van der Waals surface area contributed by atoms with Crippen molar-refractivity contribution < 1.29 is 14.3 Å². The van der Waals surface area contributed by atoms with Gasteiger partial charge in [-0.05, 0) is 25.0 Å². The van der Waals surface area contributed by atoms with Gasteiger partial charge in [0.25, 0.3) is 0 Å². The fourth-order valence-electron chi connectivity index (χ4n) is 3.71. The number of aromatic nitrogens is 2. The number of hydrogen-bond acceptors (Lipinski definition) is 6. The van der Waals surface area contributed by atoms with Crippen molar-refractivity contribution in [2.75, 3.05) is 41.4 Å². The van der Waals surface area contributed by atoms with Gasteiger partial charge in [-0.15, -0.1) is 0 Å². The van der Waals surface area contributed by atoms with Gasteiger partial charge in [0.05, 0.1) is 30.4 Å². The number of likely N-dealkylation sites (N-methyl/N-ethyl adjacent to an activating group) is 1. The highest BCUT2D eigenvalue weighted by Crippen LogP contribution is 2.33. The molecule has 1 amide bonds. The quantitative estimate of drug-likeness (QED) is 0.864. The Hall–Kier alpha value is -2.74. The van der Waals surface area contributed by atoms with Gasteiger partial charge >= 0.3 is 0 Å². The summed E-state index contributed by atoms with van der Waals surface area (Å²) in [6.45, 7) is 1.68. The molecule has 0 spiro atoms. The molecule has 1 saturated heterocycles. The third kappa shape index (κ3) is 3.32. The summed E-state index contributed by atoms with van der Waals surface area (Å²) in [7, 11) is 1.80. The lowest BCUT2D eigenvalue weighted by Gasteiger charge is -2.32. The van der Waals surface area contributed by atoms with E-state index in [-0.39, 0.29) is 30.8 Å². The van der Waals surface area contributed by atoms with Crippen LogP contribution in [0.1, 0.15) is 18.4 Å². The Labute approximate surface area is 157 Å². The number of piperidine rings is 1. The zero-order valence-electron chi connectivity index (χ0n) is 15.2. The lowest BCUT2D eigenvalue weighted by molar-refractivity contribution is -0.117. The van der Waals surface area contributed by atoms with Crippen molar-refractivity contribution in [3.05, 3.63) is 42.0 Å². The Kier molecular flexibility index (Phi) is 4.65. The second kappa shape index (κ2) is 7.11. The fraction of sp³-hybridized carbons (Fsp3) is 0.421. The van der Waals surface area contributed by atoms with Crippen molar-refractivity contribution >= 4 is 23.2 Å². The molecule has 2 aromatic rings. The van der Waals surface area contributed by atoms with Crippen LogP contribution < -0.4 is 14.7 Å². The molecular formula is C19H22FN5O2.